The maximum Gasteiger partial charge on any atom is 0.326 e. The van der Waals surface area contributed by atoms with Gasteiger partial charge >= 0.3 is 12.0 Å². The van der Waals surface area contributed by atoms with Crippen LogP contribution in [-0.4, -0.2) is 23.1 Å². The number of carboxylic acids is 1. The number of halogens is 1. The van der Waals surface area contributed by atoms with Crippen molar-refractivity contribution in [2.45, 2.75) is 31.8 Å². The number of amides is 2. The second-order valence-electron chi connectivity index (χ2n) is 5.05. The SMILES string of the molecule is CC(NC(=O)NC(C(=O)O)C1CC1)c1cccc(Cl)c1. The Morgan fingerprint density at radius 2 is 2.05 bits per heavy atom. The van der Waals surface area contributed by atoms with Gasteiger partial charge in [0.25, 0.3) is 0 Å². The number of carbonyl (C=O) groups is 2. The first kappa shape index (κ1) is 14.7. The molecule has 3 N–H and O–H groups in total. The molecule has 0 aliphatic heterocycles. The average molecular weight is 297 g/mol. The molecule has 0 bridgehead atoms. The molecular weight excluding hydrogens is 280 g/mol. The smallest absolute Gasteiger partial charge is 0.326 e. The monoisotopic (exact) mass is 296 g/mol. The number of hydrogen-bond donors (Lipinski definition) is 3. The lowest BCUT2D eigenvalue weighted by Crippen LogP contribution is -2.47. The summed E-state index contributed by atoms with van der Waals surface area (Å²) in [6, 6.07) is 5.65. The maximum atomic E-state index is 11.8. The Bertz CT molecular complexity index is 517. The standard InChI is InChI=1S/C14H17ClN2O3/c1-8(10-3-2-4-11(15)7-10)16-14(20)17-12(13(18)19)9-5-6-9/h2-4,7-9,12H,5-6H2,1H3,(H,18,19)(H2,16,17,20). The molecule has 5 nitrogen and oxygen atoms in total. The minimum atomic E-state index is -0.988. The summed E-state index contributed by atoms with van der Waals surface area (Å²) in [4.78, 5) is 22.9. The molecule has 2 unspecified atom stereocenters. The molecule has 2 rings (SSSR count). The Hall–Kier alpha value is -1.75. The number of rotatable bonds is 5. The lowest BCUT2D eigenvalue weighted by Gasteiger charge is -2.18. The third-order valence-corrected chi connectivity index (χ3v) is 3.58. The molecule has 0 aromatic heterocycles. The predicted molar refractivity (Wildman–Crippen MR) is 75.7 cm³/mol. The molecule has 0 saturated heterocycles. The van der Waals surface area contributed by atoms with Crippen LogP contribution in [0.2, 0.25) is 5.02 Å². The Morgan fingerprint density at radius 1 is 1.35 bits per heavy atom. The first-order valence-corrected chi connectivity index (χ1v) is 6.90. The highest BCUT2D eigenvalue weighted by atomic mass is 35.5. The van der Waals surface area contributed by atoms with Crippen molar-refractivity contribution in [3.8, 4) is 0 Å². The van der Waals surface area contributed by atoms with E-state index in [1.807, 2.05) is 13.0 Å². The van der Waals surface area contributed by atoms with Gasteiger partial charge in [-0.1, -0.05) is 23.7 Å². The minimum absolute atomic E-state index is 0.0553. The van der Waals surface area contributed by atoms with Crippen LogP contribution in [0.1, 0.15) is 31.4 Å². The number of benzene rings is 1. The van der Waals surface area contributed by atoms with Crippen LogP contribution in [0.4, 0.5) is 4.79 Å². The number of nitrogens with one attached hydrogen (secondary N) is 2. The summed E-state index contributed by atoms with van der Waals surface area (Å²) in [5.41, 5.74) is 0.867. The largest absolute Gasteiger partial charge is 0.480 e. The second-order valence-corrected chi connectivity index (χ2v) is 5.48. The number of aliphatic carboxylic acids is 1. The van der Waals surface area contributed by atoms with Crippen molar-refractivity contribution in [3.05, 3.63) is 34.9 Å². The van der Waals surface area contributed by atoms with Crippen molar-refractivity contribution >= 4 is 23.6 Å². The molecule has 1 fully saturated rings. The van der Waals surface area contributed by atoms with Crippen LogP contribution in [0.25, 0.3) is 0 Å². The molecule has 1 aliphatic carbocycles. The lowest BCUT2D eigenvalue weighted by molar-refractivity contribution is -0.139. The van der Waals surface area contributed by atoms with Crippen LogP contribution in [-0.2, 0) is 4.79 Å². The van der Waals surface area contributed by atoms with Crippen LogP contribution in [0, 0.1) is 5.92 Å². The Labute approximate surface area is 122 Å². The zero-order valence-electron chi connectivity index (χ0n) is 11.1. The molecule has 0 radical (unpaired) electrons. The fraction of sp³-hybridized carbons (Fsp3) is 0.429. The normalized spacial score (nSPS) is 17.1. The van der Waals surface area contributed by atoms with Gasteiger partial charge in [-0.2, -0.15) is 0 Å². The zero-order chi connectivity index (χ0) is 14.7. The first-order valence-electron chi connectivity index (χ1n) is 6.52. The van der Waals surface area contributed by atoms with E-state index in [0.717, 1.165) is 18.4 Å². The Morgan fingerprint density at radius 3 is 2.60 bits per heavy atom. The van der Waals surface area contributed by atoms with Crippen molar-refractivity contribution in [2.75, 3.05) is 0 Å². The maximum absolute atomic E-state index is 11.8. The molecule has 2 atom stereocenters. The van der Waals surface area contributed by atoms with Gasteiger partial charge in [-0.25, -0.2) is 9.59 Å². The van der Waals surface area contributed by atoms with Crippen molar-refractivity contribution < 1.29 is 14.7 Å². The molecule has 1 aromatic rings. The number of carbonyl (C=O) groups excluding carboxylic acids is 1. The van der Waals surface area contributed by atoms with E-state index in [1.165, 1.54) is 0 Å². The highest BCUT2D eigenvalue weighted by Gasteiger charge is 2.37. The molecule has 6 heteroatoms. The van der Waals surface area contributed by atoms with Crippen LogP contribution >= 0.6 is 11.6 Å². The topological polar surface area (TPSA) is 78.4 Å². The summed E-state index contributed by atoms with van der Waals surface area (Å²) in [5.74, 6) is -0.933. The van der Waals surface area contributed by atoms with E-state index >= 15 is 0 Å². The van der Waals surface area contributed by atoms with Crippen LogP contribution in [0.3, 0.4) is 0 Å². The fourth-order valence-electron chi connectivity index (χ4n) is 2.05. The van der Waals surface area contributed by atoms with E-state index in [-0.39, 0.29) is 12.0 Å². The summed E-state index contributed by atoms with van der Waals surface area (Å²) in [5, 5.41) is 14.9. The van der Waals surface area contributed by atoms with E-state index in [0.29, 0.717) is 5.02 Å². The van der Waals surface area contributed by atoms with Gasteiger partial charge in [0, 0.05) is 5.02 Å². The van der Waals surface area contributed by atoms with E-state index in [4.69, 9.17) is 16.7 Å². The lowest BCUT2D eigenvalue weighted by atomic mass is 10.1. The van der Waals surface area contributed by atoms with Gasteiger partial charge in [0.05, 0.1) is 6.04 Å². The third kappa shape index (κ3) is 3.87. The summed E-state index contributed by atoms with van der Waals surface area (Å²) in [6.45, 7) is 1.82. The number of carboxylic acid groups (broad SMARTS) is 1. The van der Waals surface area contributed by atoms with E-state index in [9.17, 15) is 9.59 Å². The predicted octanol–water partition coefficient (Wildman–Crippen LogP) is 2.56. The van der Waals surface area contributed by atoms with Crippen molar-refractivity contribution in [2.24, 2.45) is 5.92 Å². The number of hydrogen-bond acceptors (Lipinski definition) is 2. The Balaban J connectivity index is 1.92. The van der Waals surface area contributed by atoms with Crippen molar-refractivity contribution in [1.82, 2.24) is 10.6 Å². The number of urea groups is 1. The summed E-state index contributed by atoms with van der Waals surface area (Å²) >= 11 is 5.90. The quantitative estimate of drug-likeness (QED) is 0.781. The molecule has 1 aromatic carbocycles. The van der Waals surface area contributed by atoms with Gasteiger partial charge in [-0.15, -0.1) is 0 Å². The summed E-state index contributed by atoms with van der Waals surface area (Å²) in [7, 11) is 0. The van der Waals surface area contributed by atoms with Crippen LogP contribution in [0.5, 0.6) is 0 Å². The van der Waals surface area contributed by atoms with Crippen molar-refractivity contribution in [3.63, 3.8) is 0 Å². The van der Waals surface area contributed by atoms with E-state index in [2.05, 4.69) is 10.6 Å². The third-order valence-electron chi connectivity index (χ3n) is 3.34. The molecule has 2 amide bonds. The molecule has 108 valence electrons. The van der Waals surface area contributed by atoms with Gasteiger partial charge in [0.2, 0.25) is 0 Å². The van der Waals surface area contributed by atoms with E-state index < -0.39 is 18.0 Å². The van der Waals surface area contributed by atoms with Gasteiger partial charge in [0.1, 0.15) is 6.04 Å². The Kier molecular flexibility index (Phi) is 4.49. The summed E-state index contributed by atoms with van der Waals surface area (Å²) < 4.78 is 0. The van der Waals surface area contributed by atoms with Crippen LogP contribution in [0.15, 0.2) is 24.3 Å². The molecule has 20 heavy (non-hydrogen) atoms. The zero-order valence-corrected chi connectivity index (χ0v) is 11.9. The van der Waals surface area contributed by atoms with Gasteiger partial charge < -0.3 is 15.7 Å². The van der Waals surface area contributed by atoms with E-state index in [1.54, 1.807) is 18.2 Å². The summed E-state index contributed by atoms with van der Waals surface area (Å²) in [6.07, 6.45) is 1.70. The molecule has 0 spiro atoms. The first-order chi connectivity index (χ1) is 9.47. The van der Waals surface area contributed by atoms with Crippen LogP contribution < -0.4 is 10.6 Å². The van der Waals surface area contributed by atoms with Gasteiger partial charge in [-0.05, 0) is 43.4 Å². The molecule has 1 saturated carbocycles. The highest BCUT2D eigenvalue weighted by molar-refractivity contribution is 6.30. The molecular formula is C14H17ClN2O3. The minimum Gasteiger partial charge on any atom is -0.480 e. The molecule has 1 aliphatic rings. The molecule has 0 heterocycles. The highest BCUT2D eigenvalue weighted by Crippen LogP contribution is 2.32. The fourth-order valence-corrected chi connectivity index (χ4v) is 2.25. The average Bonchev–Trinajstić information content (AvgIpc) is 3.19. The second kappa shape index (κ2) is 6.13. The van der Waals surface area contributed by atoms with Gasteiger partial charge in [-0.3, -0.25) is 0 Å². The van der Waals surface area contributed by atoms with Crippen molar-refractivity contribution in [1.29, 1.82) is 0 Å². The van der Waals surface area contributed by atoms with Gasteiger partial charge in [0.15, 0.2) is 0 Å².